The number of ether oxygens (including phenoxy) is 2. The quantitative estimate of drug-likeness (QED) is 0.563. The van der Waals surface area contributed by atoms with E-state index in [9.17, 15) is 13.2 Å². The predicted octanol–water partition coefficient (Wildman–Crippen LogP) is 3.27. The highest BCUT2D eigenvalue weighted by Crippen LogP contribution is 2.21. The van der Waals surface area contributed by atoms with Crippen molar-refractivity contribution in [2.45, 2.75) is 51.0 Å². The van der Waals surface area contributed by atoms with Gasteiger partial charge in [-0.25, -0.2) is 0 Å². The van der Waals surface area contributed by atoms with Gasteiger partial charge in [0.2, 0.25) is 0 Å². The van der Waals surface area contributed by atoms with Gasteiger partial charge in [0.05, 0.1) is 0 Å². The van der Waals surface area contributed by atoms with Crippen LogP contribution in [0.1, 0.15) is 38.5 Å². The third kappa shape index (κ3) is 8.06. The van der Waals surface area contributed by atoms with Gasteiger partial charge in [-0.3, -0.25) is 0 Å². The summed E-state index contributed by atoms with van der Waals surface area (Å²) in [6.07, 6.45) is -1.71. The van der Waals surface area contributed by atoms with Crippen LogP contribution in [-0.2, 0) is 9.47 Å². The molecule has 0 saturated carbocycles. The van der Waals surface area contributed by atoms with Gasteiger partial charge in [-0.1, -0.05) is 5.92 Å². The Bertz CT molecular complexity index is 259. The van der Waals surface area contributed by atoms with Gasteiger partial charge in [0, 0.05) is 19.4 Å². The van der Waals surface area contributed by atoms with Crippen LogP contribution in [0.15, 0.2) is 0 Å². The summed E-state index contributed by atoms with van der Waals surface area (Å²) in [7, 11) is 0. The van der Waals surface area contributed by atoms with Crippen LogP contribution < -0.4 is 0 Å². The van der Waals surface area contributed by atoms with Gasteiger partial charge >= 0.3 is 6.18 Å². The second kappa shape index (κ2) is 7.57. The van der Waals surface area contributed by atoms with Crippen molar-refractivity contribution in [1.29, 1.82) is 0 Å². The summed E-state index contributed by atoms with van der Waals surface area (Å²) < 4.78 is 46.0. The first-order valence-corrected chi connectivity index (χ1v) is 5.83. The molecule has 1 rings (SSSR count). The maximum atomic E-state index is 11.8. The van der Waals surface area contributed by atoms with Crippen LogP contribution in [0.2, 0.25) is 0 Å². The number of hydrogen-bond donors (Lipinski definition) is 0. The lowest BCUT2D eigenvalue weighted by Gasteiger charge is -2.21. The summed E-state index contributed by atoms with van der Waals surface area (Å²) in [4.78, 5) is 0. The summed E-state index contributed by atoms with van der Waals surface area (Å²) in [5.74, 6) is 5.37. The Kier molecular flexibility index (Phi) is 6.38. The zero-order chi connectivity index (χ0) is 12.6. The van der Waals surface area contributed by atoms with Crippen LogP contribution >= 0.6 is 0 Å². The highest BCUT2D eigenvalue weighted by molar-refractivity contribution is 4.99. The van der Waals surface area contributed by atoms with Crippen molar-refractivity contribution in [2.24, 2.45) is 0 Å². The van der Waals surface area contributed by atoms with Crippen molar-refractivity contribution in [3.8, 4) is 11.8 Å². The summed E-state index contributed by atoms with van der Waals surface area (Å²) in [6.45, 7) is 0.945. The van der Waals surface area contributed by atoms with E-state index in [1.54, 1.807) is 0 Å². The second-order valence-electron chi connectivity index (χ2n) is 3.93. The molecule has 1 aliphatic rings. The molecule has 0 aromatic heterocycles. The van der Waals surface area contributed by atoms with Crippen molar-refractivity contribution >= 4 is 0 Å². The SMILES string of the molecule is FC(F)(F)CCCC#CCOC1CCCCO1. The highest BCUT2D eigenvalue weighted by atomic mass is 19.4. The Morgan fingerprint density at radius 2 is 2.06 bits per heavy atom. The Labute approximate surface area is 99.5 Å². The van der Waals surface area contributed by atoms with Gasteiger partial charge in [-0.2, -0.15) is 13.2 Å². The average molecular weight is 250 g/mol. The number of alkyl halides is 3. The van der Waals surface area contributed by atoms with Crippen LogP contribution in [-0.4, -0.2) is 25.7 Å². The summed E-state index contributed by atoms with van der Waals surface area (Å²) in [5.41, 5.74) is 0. The molecular weight excluding hydrogens is 233 g/mol. The van der Waals surface area contributed by atoms with Crippen molar-refractivity contribution in [1.82, 2.24) is 0 Å². The molecule has 1 heterocycles. The summed E-state index contributed by atoms with van der Waals surface area (Å²) >= 11 is 0. The first kappa shape index (κ1) is 14.3. The minimum atomic E-state index is -4.08. The maximum absolute atomic E-state index is 11.8. The second-order valence-corrected chi connectivity index (χ2v) is 3.93. The largest absolute Gasteiger partial charge is 0.389 e. The van der Waals surface area contributed by atoms with Crippen molar-refractivity contribution in [2.75, 3.05) is 13.2 Å². The molecule has 98 valence electrons. The van der Waals surface area contributed by atoms with Crippen LogP contribution in [0.4, 0.5) is 13.2 Å². The molecule has 0 aliphatic carbocycles. The van der Waals surface area contributed by atoms with E-state index in [-0.39, 0.29) is 25.7 Å². The first-order valence-electron chi connectivity index (χ1n) is 5.83. The number of hydrogen-bond acceptors (Lipinski definition) is 2. The van der Waals surface area contributed by atoms with E-state index in [1.165, 1.54) is 0 Å². The number of unbranched alkanes of at least 4 members (excludes halogenated alkanes) is 1. The maximum Gasteiger partial charge on any atom is 0.389 e. The van der Waals surface area contributed by atoms with E-state index < -0.39 is 12.6 Å². The Morgan fingerprint density at radius 3 is 2.71 bits per heavy atom. The third-order valence-corrected chi connectivity index (χ3v) is 2.37. The topological polar surface area (TPSA) is 18.5 Å². The van der Waals surface area contributed by atoms with Gasteiger partial charge in [0.1, 0.15) is 6.61 Å². The minimum absolute atomic E-state index is 0.0520. The van der Waals surface area contributed by atoms with Crippen molar-refractivity contribution in [3.63, 3.8) is 0 Å². The van der Waals surface area contributed by atoms with E-state index in [1.807, 2.05) is 0 Å². The molecule has 1 fully saturated rings. The molecule has 1 atom stereocenters. The van der Waals surface area contributed by atoms with E-state index in [2.05, 4.69) is 11.8 Å². The van der Waals surface area contributed by atoms with Gasteiger partial charge in [0.15, 0.2) is 6.29 Å². The number of rotatable bonds is 4. The van der Waals surface area contributed by atoms with Gasteiger partial charge in [-0.05, 0) is 25.7 Å². The molecule has 0 N–H and O–H groups in total. The minimum Gasteiger partial charge on any atom is -0.353 e. The van der Waals surface area contributed by atoms with Crippen LogP contribution in [0, 0.1) is 11.8 Å². The lowest BCUT2D eigenvalue weighted by molar-refractivity contribution is -0.154. The molecule has 0 aromatic rings. The smallest absolute Gasteiger partial charge is 0.353 e. The molecule has 0 bridgehead atoms. The van der Waals surface area contributed by atoms with Crippen molar-refractivity contribution in [3.05, 3.63) is 0 Å². The monoisotopic (exact) mass is 250 g/mol. The molecule has 2 nitrogen and oxygen atoms in total. The molecule has 1 aliphatic heterocycles. The molecule has 1 unspecified atom stereocenters. The third-order valence-electron chi connectivity index (χ3n) is 2.37. The van der Waals surface area contributed by atoms with E-state index in [4.69, 9.17) is 9.47 Å². The molecule has 0 spiro atoms. The summed E-state index contributed by atoms with van der Waals surface area (Å²) in [6, 6.07) is 0. The fourth-order valence-electron chi connectivity index (χ4n) is 1.49. The summed E-state index contributed by atoms with van der Waals surface area (Å²) in [5, 5.41) is 0. The first-order chi connectivity index (χ1) is 8.08. The fourth-order valence-corrected chi connectivity index (χ4v) is 1.49. The molecule has 0 aromatic carbocycles. The highest BCUT2D eigenvalue weighted by Gasteiger charge is 2.25. The fraction of sp³-hybridized carbons (Fsp3) is 0.833. The predicted molar refractivity (Wildman–Crippen MR) is 57.2 cm³/mol. The average Bonchev–Trinajstić information content (AvgIpc) is 2.28. The van der Waals surface area contributed by atoms with Gasteiger partial charge < -0.3 is 9.47 Å². The van der Waals surface area contributed by atoms with Crippen LogP contribution in [0.3, 0.4) is 0 Å². The molecule has 0 amide bonds. The van der Waals surface area contributed by atoms with E-state index in [0.717, 1.165) is 19.3 Å². The normalized spacial score (nSPS) is 20.8. The number of halogens is 3. The molecular formula is C12H17F3O2. The lowest BCUT2D eigenvalue weighted by atomic mass is 10.2. The standard InChI is InChI=1S/C12H17F3O2/c13-12(14,15)8-4-1-2-5-9-16-11-7-3-6-10-17-11/h11H,1,3-4,6-10H2. The Morgan fingerprint density at radius 1 is 1.24 bits per heavy atom. The molecule has 17 heavy (non-hydrogen) atoms. The van der Waals surface area contributed by atoms with E-state index >= 15 is 0 Å². The molecule has 0 radical (unpaired) electrons. The Balaban J connectivity index is 1.98. The molecule has 5 heteroatoms. The molecule has 1 saturated heterocycles. The zero-order valence-electron chi connectivity index (χ0n) is 9.68. The van der Waals surface area contributed by atoms with Crippen LogP contribution in [0.5, 0.6) is 0 Å². The lowest BCUT2D eigenvalue weighted by Crippen LogP contribution is -2.22. The Hall–Kier alpha value is -0.730. The van der Waals surface area contributed by atoms with Gasteiger partial charge in [0.25, 0.3) is 0 Å². The van der Waals surface area contributed by atoms with Gasteiger partial charge in [-0.15, -0.1) is 5.92 Å². The zero-order valence-corrected chi connectivity index (χ0v) is 9.68. The van der Waals surface area contributed by atoms with Crippen LogP contribution in [0.25, 0.3) is 0 Å². The van der Waals surface area contributed by atoms with Crippen molar-refractivity contribution < 1.29 is 22.6 Å². The van der Waals surface area contributed by atoms with E-state index in [0.29, 0.717) is 6.61 Å².